The zero-order valence-corrected chi connectivity index (χ0v) is 14.6. The molecule has 0 bridgehead atoms. The van der Waals surface area contributed by atoms with E-state index in [9.17, 15) is 9.18 Å². The Hall–Kier alpha value is -1.46. The van der Waals surface area contributed by atoms with E-state index >= 15 is 0 Å². The third-order valence-electron chi connectivity index (χ3n) is 6.04. The van der Waals surface area contributed by atoms with E-state index in [1.165, 1.54) is 12.1 Å². The van der Waals surface area contributed by atoms with Gasteiger partial charge in [-0.05, 0) is 43.4 Å². The molecular weight excluding hydrogens is 321 g/mol. The number of hydrogen-bond donors (Lipinski definition) is 0. The Bertz CT molecular complexity index is 606. The number of rotatable bonds is 3. The molecule has 2 heterocycles. The van der Waals surface area contributed by atoms with Gasteiger partial charge in [0.25, 0.3) is 0 Å². The molecule has 1 aromatic carbocycles. The first-order chi connectivity index (χ1) is 12.2. The molecule has 2 aliphatic heterocycles. The lowest BCUT2D eigenvalue weighted by atomic mass is 9.77. The second kappa shape index (κ2) is 7.04. The van der Waals surface area contributed by atoms with Crippen molar-refractivity contribution in [1.82, 2.24) is 4.90 Å². The van der Waals surface area contributed by atoms with E-state index in [1.807, 2.05) is 4.90 Å². The van der Waals surface area contributed by atoms with E-state index in [4.69, 9.17) is 9.47 Å². The molecule has 1 atom stereocenters. The van der Waals surface area contributed by atoms with Crippen molar-refractivity contribution in [2.24, 2.45) is 5.92 Å². The van der Waals surface area contributed by atoms with Crippen molar-refractivity contribution in [3.8, 4) is 0 Å². The fourth-order valence-corrected chi connectivity index (χ4v) is 4.74. The lowest BCUT2D eigenvalue weighted by Crippen LogP contribution is -2.51. The summed E-state index contributed by atoms with van der Waals surface area (Å²) in [6.45, 7) is 2.79. The van der Waals surface area contributed by atoms with Gasteiger partial charge in [0.15, 0.2) is 6.29 Å². The van der Waals surface area contributed by atoms with Crippen LogP contribution in [-0.4, -0.2) is 43.4 Å². The second-order valence-corrected chi connectivity index (χ2v) is 7.56. The maximum absolute atomic E-state index is 13.5. The van der Waals surface area contributed by atoms with Gasteiger partial charge in [-0.2, -0.15) is 0 Å². The van der Waals surface area contributed by atoms with Gasteiger partial charge in [-0.25, -0.2) is 4.39 Å². The van der Waals surface area contributed by atoms with E-state index in [-0.39, 0.29) is 23.9 Å². The molecule has 0 radical (unpaired) electrons. The Labute approximate surface area is 148 Å². The molecule has 0 aromatic heterocycles. The van der Waals surface area contributed by atoms with Crippen LogP contribution in [0.4, 0.5) is 4.39 Å². The number of amides is 1. The van der Waals surface area contributed by atoms with Crippen LogP contribution >= 0.6 is 0 Å². The molecule has 1 amide bonds. The maximum Gasteiger partial charge on any atom is 0.233 e. The van der Waals surface area contributed by atoms with Crippen LogP contribution < -0.4 is 0 Å². The molecule has 0 spiro atoms. The summed E-state index contributed by atoms with van der Waals surface area (Å²) in [6.07, 6.45) is 5.67. The average molecular weight is 347 g/mol. The Morgan fingerprint density at radius 1 is 1.08 bits per heavy atom. The molecule has 25 heavy (non-hydrogen) atoms. The standard InChI is InChI=1S/C20H26FNO3/c21-17-7-5-16(6-8-17)20(9-1-2-10-20)19(23)22-11-3-4-15(14-22)18-24-12-13-25-18/h5-8,15,18H,1-4,9-14H2. The Balaban J connectivity index is 1.55. The number of likely N-dealkylation sites (tertiary alicyclic amines) is 1. The summed E-state index contributed by atoms with van der Waals surface area (Å²) in [5.41, 5.74) is 0.486. The normalized spacial score (nSPS) is 26.9. The van der Waals surface area contributed by atoms with E-state index in [0.717, 1.165) is 50.6 Å². The highest BCUT2D eigenvalue weighted by Crippen LogP contribution is 2.43. The number of carbonyl (C=O) groups excluding carboxylic acids is 1. The first-order valence-electron chi connectivity index (χ1n) is 9.48. The van der Waals surface area contributed by atoms with Crippen molar-refractivity contribution >= 4 is 5.91 Å². The molecule has 2 saturated heterocycles. The SMILES string of the molecule is O=C(N1CCCC(C2OCCO2)C1)C1(c2ccc(F)cc2)CCCC1. The molecule has 1 saturated carbocycles. The van der Waals surface area contributed by atoms with Gasteiger partial charge in [-0.1, -0.05) is 25.0 Å². The van der Waals surface area contributed by atoms with E-state index in [2.05, 4.69) is 0 Å². The zero-order chi connectivity index (χ0) is 17.3. The van der Waals surface area contributed by atoms with Crippen molar-refractivity contribution < 1.29 is 18.7 Å². The summed E-state index contributed by atoms with van der Waals surface area (Å²) in [4.78, 5) is 15.5. The first-order valence-corrected chi connectivity index (χ1v) is 9.48. The zero-order valence-electron chi connectivity index (χ0n) is 14.6. The summed E-state index contributed by atoms with van der Waals surface area (Å²) < 4.78 is 24.7. The van der Waals surface area contributed by atoms with Crippen molar-refractivity contribution in [3.05, 3.63) is 35.6 Å². The number of benzene rings is 1. The van der Waals surface area contributed by atoms with Crippen molar-refractivity contribution in [2.75, 3.05) is 26.3 Å². The minimum atomic E-state index is -0.479. The summed E-state index contributed by atoms with van der Waals surface area (Å²) in [5, 5.41) is 0. The van der Waals surface area contributed by atoms with E-state index in [1.54, 1.807) is 12.1 Å². The van der Waals surface area contributed by atoms with E-state index < -0.39 is 5.41 Å². The molecule has 1 unspecified atom stereocenters. The Morgan fingerprint density at radius 2 is 1.76 bits per heavy atom. The Kier molecular flexibility index (Phi) is 4.78. The van der Waals surface area contributed by atoms with Crippen LogP contribution in [0.1, 0.15) is 44.1 Å². The average Bonchev–Trinajstić information content (AvgIpc) is 3.34. The maximum atomic E-state index is 13.5. The lowest BCUT2D eigenvalue weighted by molar-refractivity contribution is -0.145. The molecule has 1 aromatic rings. The summed E-state index contributed by atoms with van der Waals surface area (Å²) >= 11 is 0. The van der Waals surface area contributed by atoms with Gasteiger partial charge in [0.05, 0.1) is 18.6 Å². The number of hydrogen-bond acceptors (Lipinski definition) is 3. The number of piperidine rings is 1. The van der Waals surface area contributed by atoms with Crippen LogP contribution in [0.3, 0.4) is 0 Å². The Morgan fingerprint density at radius 3 is 2.44 bits per heavy atom. The van der Waals surface area contributed by atoms with Crippen LogP contribution in [-0.2, 0) is 19.7 Å². The van der Waals surface area contributed by atoms with Crippen LogP contribution in [0.5, 0.6) is 0 Å². The topological polar surface area (TPSA) is 38.8 Å². The minimum Gasteiger partial charge on any atom is -0.350 e. The van der Waals surface area contributed by atoms with Crippen LogP contribution in [0, 0.1) is 11.7 Å². The monoisotopic (exact) mass is 347 g/mol. The van der Waals surface area contributed by atoms with Gasteiger partial charge < -0.3 is 14.4 Å². The van der Waals surface area contributed by atoms with Gasteiger partial charge in [0.2, 0.25) is 5.91 Å². The largest absolute Gasteiger partial charge is 0.350 e. The highest BCUT2D eigenvalue weighted by Gasteiger charge is 2.46. The minimum absolute atomic E-state index is 0.166. The number of ether oxygens (including phenoxy) is 2. The predicted octanol–water partition coefficient (Wildman–Crippen LogP) is 3.25. The molecule has 3 aliphatic rings. The van der Waals surface area contributed by atoms with Gasteiger partial charge in [0.1, 0.15) is 5.82 Å². The first kappa shape index (κ1) is 17.0. The van der Waals surface area contributed by atoms with Crippen LogP contribution in [0.15, 0.2) is 24.3 Å². The van der Waals surface area contributed by atoms with Crippen molar-refractivity contribution in [2.45, 2.75) is 50.2 Å². The fraction of sp³-hybridized carbons (Fsp3) is 0.650. The third kappa shape index (κ3) is 3.20. The van der Waals surface area contributed by atoms with Crippen molar-refractivity contribution in [1.29, 1.82) is 0 Å². The molecule has 0 N–H and O–H groups in total. The fourth-order valence-electron chi connectivity index (χ4n) is 4.74. The third-order valence-corrected chi connectivity index (χ3v) is 6.04. The van der Waals surface area contributed by atoms with E-state index in [0.29, 0.717) is 19.8 Å². The van der Waals surface area contributed by atoms with Gasteiger partial charge >= 0.3 is 0 Å². The van der Waals surface area contributed by atoms with Crippen molar-refractivity contribution in [3.63, 3.8) is 0 Å². The summed E-state index contributed by atoms with van der Waals surface area (Å²) in [5.74, 6) is 0.212. The smallest absolute Gasteiger partial charge is 0.233 e. The summed E-state index contributed by atoms with van der Waals surface area (Å²) in [6, 6.07) is 6.54. The highest BCUT2D eigenvalue weighted by atomic mass is 19.1. The van der Waals surface area contributed by atoms with Crippen LogP contribution in [0.2, 0.25) is 0 Å². The predicted molar refractivity (Wildman–Crippen MR) is 91.5 cm³/mol. The molecular formula is C20H26FNO3. The molecule has 136 valence electrons. The van der Waals surface area contributed by atoms with Gasteiger partial charge in [-0.15, -0.1) is 0 Å². The number of carbonyl (C=O) groups is 1. The molecule has 5 heteroatoms. The molecule has 4 rings (SSSR count). The highest BCUT2D eigenvalue weighted by molar-refractivity contribution is 5.88. The second-order valence-electron chi connectivity index (χ2n) is 7.56. The number of halogens is 1. The van der Waals surface area contributed by atoms with Crippen LogP contribution in [0.25, 0.3) is 0 Å². The van der Waals surface area contributed by atoms with Gasteiger partial charge in [0, 0.05) is 19.0 Å². The van der Waals surface area contributed by atoms with Gasteiger partial charge in [-0.3, -0.25) is 4.79 Å². The molecule has 3 fully saturated rings. The molecule has 4 nitrogen and oxygen atoms in total. The molecule has 1 aliphatic carbocycles. The quantitative estimate of drug-likeness (QED) is 0.842. The summed E-state index contributed by atoms with van der Waals surface area (Å²) in [7, 11) is 0. The number of nitrogens with zero attached hydrogens (tertiary/aromatic N) is 1. The lowest BCUT2D eigenvalue weighted by Gasteiger charge is -2.40.